The van der Waals surface area contributed by atoms with Crippen LogP contribution in [0.4, 0.5) is 0 Å². The van der Waals surface area contributed by atoms with Gasteiger partial charge in [-0.1, -0.05) is 0 Å². The molecule has 3 rings (SSSR count). The third-order valence-corrected chi connectivity index (χ3v) is 5.82. The second-order valence-corrected chi connectivity index (χ2v) is 6.10. The predicted molar refractivity (Wildman–Crippen MR) is 65.6 cm³/mol. The van der Waals surface area contributed by atoms with Crippen LogP contribution < -0.4 is 5.32 Å². The van der Waals surface area contributed by atoms with Gasteiger partial charge >= 0.3 is 0 Å². The molecule has 1 aromatic heterocycles. The molecule has 0 spiro atoms. The van der Waals surface area contributed by atoms with Crippen LogP contribution in [0, 0.1) is 0 Å². The van der Waals surface area contributed by atoms with Crippen LogP contribution in [0.25, 0.3) is 0 Å². The van der Waals surface area contributed by atoms with Gasteiger partial charge in [-0.15, -0.1) is 11.3 Å². The van der Waals surface area contributed by atoms with Crippen molar-refractivity contribution in [3.63, 3.8) is 0 Å². The molecular weight excluding hydrogens is 274 g/mol. The summed E-state index contributed by atoms with van der Waals surface area (Å²) in [5.41, 5.74) is 1.41. The maximum absolute atomic E-state index is 5.51. The molecule has 4 heteroatoms. The zero-order valence-corrected chi connectivity index (χ0v) is 10.9. The van der Waals surface area contributed by atoms with Crippen LogP contribution in [0.15, 0.2) is 4.47 Å². The number of nitrogens with one attached hydrogen (secondary N) is 1. The molecule has 15 heavy (non-hydrogen) atoms. The Morgan fingerprint density at radius 2 is 2.40 bits per heavy atom. The smallest absolute Gasteiger partial charge is 0.0739 e. The van der Waals surface area contributed by atoms with Crippen molar-refractivity contribution in [3.8, 4) is 0 Å². The van der Waals surface area contributed by atoms with Gasteiger partial charge in [0.1, 0.15) is 0 Å². The molecule has 2 aliphatic heterocycles. The van der Waals surface area contributed by atoms with Crippen LogP contribution in [-0.2, 0) is 17.8 Å². The van der Waals surface area contributed by atoms with E-state index in [1.165, 1.54) is 26.2 Å². The lowest BCUT2D eigenvalue weighted by molar-refractivity contribution is 0.111. The van der Waals surface area contributed by atoms with Crippen LogP contribution in [-0.4, -0.2) is 19.7 Å². The molecular formula is C11H14BrNOS. The summed E-state index contributed by atoms with van der Waals surface area (Å²) in [7, 11) is 0. The molecule has 0 radical (unpaired) electrons. The summed E-state index contributed by atoms with van der Waals surface area (Å²) in [6, 6.07) is 0. The molecule has 1 fully saturated rings. The topological polar surface area (TPSA) is 21.3 Å². The van der Waals surface area contributed by atoms with Gasteiger partial charge in [0, 0.05) is 38.7 Å². The number of hydrogen-bond donors (Lipinski definition) is 1. The number of hydrogen-bond acceptors (Lipinski definition) is 3. The first kappa shape index (κ1) is 10.3. The summed E-state index contributed by atoms with van der Waals surface area (Å²) in [6.45, 7) is 3.99. The highest BCUT2D eigenvalue weighted by Crippen LogP contribution is 2.41. The fourth-order valence-corrected chi connectivity index (χ4v) is 4.70. The van der Waals surface area contributed by atoms with Gasteiger partial charge in [-0.2, -0.15) is 0 Å². The monoisotopic (exact) mass is 287 g/mol. The van der Waals surface area contributed by atoms with Gasteiger partial charge < -0.3 is 10.1 Å². The molecule has 0 aromatic carbocycles. The Labute approximate surface area is 102 Å². The number of fused-ring (bicyclic) bond motifs is 1. The summed E-state index contributed by atoms with van der Waals surface area (Å²) in [4.78, 5) is 3.07. The molecule has 3 heterocycles. The zero-order valence-electron chi connectivity index (χ0n) is 8.51. The summed E-state index contributed by atoms with van der Waals surface area (Å²) >= 11 is 5.74. The van der Waals surface area contributed by atoms with E-state index in [1.54, 1.807) is 0 Å². The minimum absolute atomic E-state index is 0.718. The normalized spacial score (nSPS) is 25.5. The molecule has 2 aliphatic rings. The first-order valence-corrected chi connectivity index (χ1v) is 7.05. The van der Waals surface area contributed by atoms with Crippen molar-refractivity contribution in [2.45, 2.75) is 25.4 Å². The number of thiophene rings is 1. The van der Waals surface area contributed by atoms with Crippen LogP contribution in [0.5, 0.6) is 0 Å². The van der Waals surface area contributed by atoms with Crippen molar-refractivity contribution >= 4 is 27.3 Å². The molecule has 0 aliphatic carbocycles. The highest BCUT2D eigenvalue weighted by molar-refractivity contribution is 9.10. The third kappa shape index (κ3) is 1.78. The molecule has 1 aromatic rings. The Morgan fingerprint density at radius 1 is 1.47 bits per heavy atom. The molecule has 2 nitrogen and oxygen atoms in total. The molecule has 1 unspecified atom stereocenters. The van der Waals surface area contributed by atoms with Crippen molar-refractivity contribution in [3.05, 3.63) is 19.8 Å². The van der Waals surface area contributed by atoms with Crippen molar-refractivity contribution in [2.75, 3.05) is 19.7 Å². The average molecular weight is 288 g/mol. The molecule has 82 valence electrons. The fourth-order valence-electron chi connectivity index (χ4n) is 2.34. The summed E-state index contributed by atoms with van der Waals surface area (Å²) in [5.74, 6) is 0.718. The second-order valence-electron chi connectivity index (χ2n) is 4.17. The van der Waals surface area contributed by atoms with E-state index in [9.17, 15) is 0 Å². The number of rotatable bonds is 1. The zero-order chi connectivity index (χ0) is 10.3. The summed E-state index contributed by atoms with van der Waals surface area (Å²) < 4.78 is 6.84. The Hall–Kier alpha value is 0.1000. The first-order valence-electron chi connectivity index (χ1n) is 5.44. The van der Waals surface area contributed by atoms with Crippen LogP contribution in [0.2, 0.25) is 0 Å². The van der Waals surface area contributed by atoms with Crippen molar-refractivity contribution in [1.82, 2.24) is 5.32 Å². The highest BCUT2D eigenvalue weighted by Gasteiger charge is 2.26. The van der Waals surface area contributed by atoms with Crippen molar-refractivity contribution < 1.29 is 4.74 Å². The van der Waals surface area contributed by atoms with Crippen LogP contribution >= 0.6 is 27.3 Å². The van der Waals surface area contributed by atoms with Gasteiger partial charge in [-0.25, -0.2) is 0 Å². The highest BCUT2D eigenvalue weighted by atomic mass is 79.9. The van der Waals surface area contributed by atoms with Crippen LogP contribution in [0.3, 0.4) is 0 Å². The Balaban J connectivity index is 1.97. The maximum atomic E-state index is 5.51. The summed E-state index contributed by atoms with van der Waals surface area (Å²) in [6.07, 6.45) is 2.37. The van der Waals surface area contributed by atoms with Crippen LogP contribution in [0.1, 0.15) is 27.7 Å². The number of ether oxygens (including phenoxy) is 1. The van der Waals surface area contributed by atoms with Gasteiger partial charge in [0.25, 0.3) is 0 Å². The van der Waals surface area contributed by atoms with E-state index in [4.69, 9.17) is 4.74 Å². The fraction of sp³-hybridized carbons (Fsp3) is 0.636. The van der Waals surface area contributed by atoms with E-state index < -0.39 is 0 Å². The SMILES string of the molecule is Brc1c(C2CCNC2)sc2c1COCC2. The van der Waals surface area contributed by atoms with E-state index in [0.717, 1.165) is 38.6 Å². The molecule has 1 atom stereocenters. The van der Waals surface area contributed by atoms with E-state index in [1.807, 2.05) is 11.3 Å². The Kier molecular flexibility index (Phi) is 2.85. The molecule has 1 saturated heterocycles. The average Bonchev–Trinajstić information content (AvgIpc) is 2.87. The third-order valence-electron chi connectivity index (χ3n) is 3.20. The van der Waals surface area contributed by atoms with E-state index >= 15 is 0 Å². The van der Waals surface area contributed by atoms with Gasteiger partial charge in [0.05, 0.1) is 13.2 Å². The van der Waals surface area contributed by atoms with Gasteiger partial charge in [-0.3, -0.25) is 0 Å². The molecule has 0 bridgehead atoms. The van der Waals surface area contributed by atoms with Gasteiger partial charge in [0.15, 0.2) is 0 Å². The molecule has 1 N–H and O–H groups in total. The summed E-state index contributed by atoms with van der Waals surface area (Å²) in [5, 5.41) is 3.43. The lowest BCUT2D eigenvalue weighted by Crippen LogP contribution is -2.07. The minimum Gasteiger partial charge on any atom is -0.376 e. The lowest BCUT2D eigenvalue weighted by atomic mass is 10.1. The largest absolute Gasteiger partial charge is 0.376 e. The molecule has 0 saturated carbocycles. The second kappa shape index (κ2) is 4.17. The quantitative estimate of drug-likeness (QED) is 0.858. The van der Waals surface area contributed by atoms with Gasteiger partial charge in [-0.05, 0) is 28.9 Å². The van der Waals surface area contributed by atoms with E-state index in [-0.39, 0.29) is 0 Å². The van der Waals surface area contributed by atoms with E-state index in [0.29, 0.717) is 0 Å². The van der Waals surface area contributed by atoms with Gasteiger partial charge in [0.2, 0.25) is 0 Å². The van der Waals surface area contributed by atoms with Crippen molar-refractivity contribution in [2.24, 2.45) is 0 Å². The first-order chi connectivity index (χ1) is 7.36. The number of halogens is 1. The maximum Gasteiger partial charge on any atom is 0.0739 e. The minimum atomic E-state index is 0.718. The molecule has 0 amide bonds. The Bertz CT molecular complexity index is 371. The standard InChI is InChI=1S/C11H14BrNOS/c12-10-8-6-14-4-2-9(8)15-11(10)7-1-3-13-5-7/h7,13H,1-6H2. The van der Waals surface area contributed by atoms with E-state index in [2.05, 4.69) is 21.2 Å². The Morgan fingerprint density at radius 3 is 3.13 bits per heavy atom. The van der Waals surface area contributed by atoms with Crippen molar-refractivity contribution in [1.29, 1.82) is 0 Å². The lowest BCUT2D eigenvalue weighted by Gasteiger charge is -2.11. The predicted octanol–water partition coefficient (Wildman–Crippen LogP) is 2.66.